The van der Waals surface area contributed by atoms with Crippen LogP contribution in [0, 0.1) is 6.92 Å². The smallest absolute Gasteiger partial charge is 0.251 e. The number of hydrogen-bond donors (Lipinski definition) is 2. The molecule has 0 radical (unpaired) electrons. The molecule has 0 spiro atoms. The molecule has 0 saturated carbocycles. The van der Waals surface area contributed by atoms with Crippen LogP contribution in [0.5, 0.6) is 0 Å². The highest BCUT2D eigenvalue weighted by Gasteiger charge is 2.21. The number of rotatable bonds is 6. The lowest BCUT2D eigenvalue weighted by Gasteiger charge is -2.21. The highest BCUT2D eigenvalue weighted by atomic mass is 16.2. The van der Waals surface area contributed by atoms with Crippen LogP contribution in [0.3, 0.4) is 0 Å². The van der Waals surface area contributed by atoms with Crippen LogP contribution in [-0.2, 0) is 11.3 Å². The first-order valence-electron chi connectivity index (χ1n) is 7.84. The van der Waals surface area contributed by atoms with Crippen LogP contribution in [0.4, 0.5) is 5.69 Å². The van der Waals surface area contributed by atoms with Crippen molar-refractivity contribution in [3.63, 3.8) is 0 Å². The van der Waals surface area contributed by atoms with E-state index in [9.17, 15) is 9.59 Å². The van der Waals surface area contributed by atoms with E-state index in [0.29, 0.717) is 18.7 Å². The summed E-state index contributed by atoms with van der Waals surface area (Å²) in [4.78, 5) is 24.8. The fourth-order valence-corrected chi connectivity index (χ4v) is 2.60. The maximum atomic E-state index is 12.7. The van der Waals surface area contributed by atoms with E-state index in [-0.39, 0.29) is 11.5 Å². The monoisotopic (exact) mass is 313 g/mol. The minimum atomic E-state index is -0.511. The van der Waals surface area contributed by atoms with E-state index in [1.165, 1.54) is 6.07 Å². The summed E-state index contributed by atoms with van der Waals surface area (Å²) in [6.07, 6.45) is 1.42. The van der Waals surface area contributed by atoms with Crippen molar-refractivity contribution < 1.29 is 4.79 Å². The largest absolute Gasteiger partial charge is 0.326 e. The van der Waals surface area contributed by atoms with Crippen molar-refractivity contribution in [2.75, 3.05) is 5.32 Å². The Morgan fingerprint density at radius 2 is 1.91 bits per heavy atom. The quantitative estimate of drug-likeness (QED) is 0.860. The number of benzene rings is 1. The maximum absolute atomic E-state index is 12.7. The average molecular weight is 313 g/mol. The lowest BCUT2D eigenvalue weighted by atomic mass is 10.1. The summed E-state index contributed by atoms with van der Waals surface area (Å²) in [5.41, 5.74) is 7.91. The van der Waals surface area contributed by atoms with E-state index in [1.54, 1.807) is 10.6 Å². The van der Waals surface area contributed by atoms with Gasteiger partial charge < -0.3 is 15.6 Å². The van der Waals surface area contributed by atoms with Gasteiger partial charge in [-0.1, -0.05) is 31.5 Å². The second kappa shape index (κ2) is 7.74. The predicted octanol–water partition coefficient (Wildman–Crippen LogP) is 2.60. The van der Waals surface area contributed by atoms with Gasteiger partial charge >= 0.3 is 0 Å². The minimum Gasteiger partial charge on any atom is -0.326 e. The van der Waals surface area contributed by atoms with E-state index in [4.69, 9.17) is 5.73 Å². The Kier molecular flexibility index (Phi) is 5.71. The molecule has 0 aliphatic rings. The fourth-order valence-electron chi connectivity index (χ4n) is 2.60. The molecule has 1 unspecified atom stereocenters. The van der Waals surface area contributed by atoms with Gasteiger partial charge in [0.25, 0.3) is 5.56 Å². The summed E-state index contributed by atoms with van der Waals surface area (Å²) in [5, 5.41) is 2.89. The van der Waals surface area contributed by atoms with Crippen molar-refractivity contribution in [2.24, 2.45) is 5.73 Å². The molecule has 23 heavy (non-hydrogen) atoms. The first-order chi connectivity index (χ1) is 11.1. The Morgan fingerprint density at radius 1 is 1.22 bits per heavy atom. The number of carbonyl (C=O) groups excluding carboxylic acids is 1. The molecule has 1 amide bonds. The van der Waals surface area contributed by atoms with Crippen LogP contribution < -0.4 is 16.6 Å². The highest BCUT2D eigenvalue weighted by Crippen LogP contribution is 2.18. The van der Waals surface area contributed by atoms with Gasteiger partial charge in [0, 0.05) is 24.0 Å². The van der Waals surface area contributed by atoms with Crippen molar-refractivity contribution in [3.8, 4) is 0 Å². The Labute approximate surface area is 136 Å². The number of hydrogen-bond acceptors (Lipinski definition) is 3. The first kappa shape index (κ1) is 17.0. The van der Waals surface area contributed by atoms with Crippen molar-refractivity contribution >= 4 is 11.6 Å². The van der Waals surface area contributed by atoms with Gasteiger partial charge in [-0.15, -0.1) is 0 Å². The van der Waals surface area contributed by atoms with Gasteiger partial charge in [0.2, 0.25) is 5.91 Å². The Balaban J connectivity index is 2.26. The van der Waals surface area contributed by atoms with E-state index in [1.807, 2.05) is 44.2 Å². The molecular weight excluding hydrogens is 290 g/mol. The third-order valence-electron chi connectivity index (χ3n) is 3.83. The summed E-state index contributed by atoms with van der Waals surface area (Å²) in [5.74, 6) is -0.177. The molecule has 0 aliphatic heterocycles. The molecule has 0 bridgehead atoms. The van der Waals surface area contributed by atoms with Crippen LogP contribution in [-0.4, -0.2) is 10.5 Å². The number of amides is 1. The average Bonchev–Trinajstić information content (AvgIpc) is 2.54. The summed E-state index contributed by atoms with van der Waals surface area (Å²) >= 11 is 0. The van der Waals surface area contributed by atoms with E-state index in [2.05, 4.69) is 5.32 Å². The molecule has 0 saturated heterocycles. The number of pyridine rings is 1. The number of nitrogens with one attached hydrogen (secondary N) is 1. The van der Waals surface area contributed by atoms with Gasteiger partial charge in [-0.05, 0) is 37.1 Å². The summed E-state index contributed by atoms with van der Waals surface area (Å²) in [7, 11) is 0. The normalized spacial score (nSPS) is 12.0. The minimum absolute atomic E-state index is 0.155. The Hall–Kier alpha value is -2.40. The van der Waals surface area contributed by atoms with Crippen molar-refractivity contribution in [1.29, 1.82) is 0 Å². The number of nitrogens with zero attached hydrogens (tertiary/aromatic N) is 1. The standard InChI is InChI=1S/C18H23N3O2/c1-3-5-16(21-13(2)6-4-7-17(21)22)18(23)20-15-10-8-14(12-19)9-11-15/h4,6-11,16H,3,5,12,19H2,1-2H3,(H,20,23). The molecule has 0 fully saturated rings. The van der Waals surface area contributed by atoms with Crippen molar-refractivity contribution in [1.82, 2.24) is 4.57 Å². The highest BCUT2D eigenvalue weighted by molar-refractivity contribution is 5.93. The van der Waals surface area contributed by atoms with Crippen molar-refractivity contribution in [2.45, 2.75) is 39.3 Å². The van der Waals surface area contributed by atoms with Crippen LogP contribution in [0.15, 0.2) is 47.3 Å². The molecule has 5 heteroatoms. The van der Waals surface area contributed by atoms with Crippen molar-refractivity contribution in [3.05, 3.63) is 64.1 Å². The second-order valence-corrected chi connectivity index (χ2v) is 5.57. The zero-order valence-corrected chi connectivity index (χ0v) is 13.6. The van der Waals surface area contributed by atoms with Crippen LogP contribution in [0.1, 0.15) is 37.1 Å². The molecule has 1 atom stereocenters. The molecule has 3 N–H and O–H groups in total. The molecular formula is C18H23N3O2. The molecule has 0 aliphatic carbocycles. The third-order valence-corrected chi connectivity index (χ3v) is 3.83. The third kappa shape index (κ3) is 4.07. The zero-order valence-electron chi connectivity index (χ0n) is 13.6. The van der Waals surface area contributed by atoms with Crippen LogP contribution in [0.25, 0.3) is 0 Å². The second-order valence-electron chi connectivity index (χ2n) is 5.57. The van der Waals surface area contributed by atoms with Gasteiger partial charge in [0.1, 0.15) is 6.04 Å². The van der Waals surface area contributed by atoms with Gasteiger partial charge in [0.05, 0.1) is 0 Å². The molecule has 1 aromatic heterocycles. The molecule has 1 heterocycles. The number of nitrogens with two attached hydrogens (primary N) is 1. The number of carbonyl (C=O) groups is 1. The van der Waals surface area contributed by atoms with E-state index >= 15 is 0 Å². The van der Waals surface area contributed by atoms with Crippen LogP contribution >= 0.6 is 0 Å². The Bertz CT molecular complexity index is 720. The number of aryl methyl sites for hydroxylation is 1. The molecule has 122 valence electrons. The summed E-state index contributed by atoms with van der Waals surface area (Å²) < 4.78 is 1.56. The maximum Gasteiger partial charge on any atom is 0.251 e. The number of anilines is 1. The van der Waals surface area contributed by atoms with Gasteiger partial charge in [-0.2, -0.15) is 0 Å². The van der Waals surface area contributed by atoms with Gasteiger partial charge in [0.15, 0.2) is 0 Å². The van der Waals surface area contributed by atoms with Crippen LogP contribution in [0.2, 0.25) is 0 Å². The van der Waals surface area contributed by atoms with E-state index in [0.717, 1.165) is 17.7 Å². The fraction of sp³-hybridized carbons (Fsp3) is 0.333. The Morgan fingerprint density at radius 3 is 2.48 bits per heavy atom. The molecule has 2 rings (SSSR count). The van der Waals surface area contributed by atoms with Gasteiger partial charge in [-0.25, -0.2) is 0 Å². The van der Waals surface area contributed by atoms with E-state index < -0.39 is 6.04 Å². The SMILES string of the molecule is CCCC(C(=O)Nc1ccc(CN)cc1)n1c(C)cccc1=O. The summed E-state index contributed by atoms with van der Waals surface area (Å²) in [6, 6.07) is 11.9. The lowest BCUT2D eigenvalue weighted by molar-refractivity contribution is -0.119. The molecule has 2 aromatic rings. The summed E-state index contributed by atoms with van der Waals surface area (Å²) in [6.45, 7) is 4.30. The van der Waals surface area contributed by atoms with Gasteiger partial charge in [-0.3, -0.25) is 9.59 Å². The number of aromatic nitrogens is 1. The topological polar surface area (TPSA) is 77.1 Å². The molecule has 5 nitrogen and oxygen atoms in total. The molecule has 1 aromatic carbocycles. The first-order valence-corrected chi connectivity index (χ1v) is 7.84. The predicted molar refractivity (Wildman–Crippen MR) is 92.3 cm³/mol. The lowest BCUT2D eigenvalue weighted by Crippen LogP contribution is -2.34. The zero-order chi connectivity index (χ0) is 16.8.